The van der Waals surface area contributed by atoms with E-state index in [0.29, 0.717) is 38.3 Å². The second-order valence-corrected chi connectivity index (χ2v) is 6.79. The minimum Gasteiger partial charge on any atom is -0.284 e. The summed E-state index contributed by atoms with van der Waals surface area (Å²) in [5, 5.41) is 12.0. The zero-order valence-corrected chi connectivity index (χ0v) is 15.8. The summed E-state index contributed by atoms with van der Waals surface area (Å²) in [6, 6.07) is 17.0. The van der Waals surface area contributed by atoms with Crippen molar-refractivity contribution in [1.82, 2.24) is 9.38 Å². The first kappa shape index (κ1) is 18.2. The van der Waals surface area contributed by atoms with Gasteiger partial charge in [0.2, 0.25) is 0 Å². The number of nitro benzene ring substituents is 1. The lowest BCUT2D eigenvalue weighted by atomic mass is 10.1. The molecule has 0 saturated carbocycles. The second-order valence-electron chi connectivity index (χ2n) is 5.95. The summed E-state index contributed by atoms with van der Waals surface area (Å²) in [5.74, 6) is 0.561. The topological polar surface area (TPSA) is 72.8 Å². The van der Waals surface area contributed by atoms with Crippen molar-refractivity contribution >= 4 is 46.6 Å². The molecule has 0 saturated heterocycles. The highest BCUT2D eigenvalue weighted by Gasteiger charge is 2.16. The number of pyridine rings is 1. The molecular formula is C20H12Cl2N4O2. The maximum Gasteiger partial charge on any atom is 0.270 e. The van der Waals surface area contributed by atoms with Gasteiger partial charge in [0.25, 0.3) is 5.69 Å². The average molecular weight is 411 g/mol. The molecule has 6 nitrogen and oxygen atoms in total. The van der Waals surface area contributed by atoms with Gasteiger partial charge in [-0.3, -0.25) is 14.5 Å². The molecule has 0 aliphatic rings. The first-order valence-electron chi connectivity index (χ1n) is 8.24. The molecule has 0 amide bonds. The number of benzene rings is 2. The molecule has 2 aromatic carbocycles. The number of fused-ring (bicyclic) bond motifs is 1. The zero-order valence-electron chi connectivity index (χ0n) is 14.3. The van der Waals surface area contributed by atoms with E-state index in [1.165, 1.54) is 12.1 Å². The van der Waals surface area contributed by atoms with Crippen molar-refractivity contribution in [2.75, 3.05) is 0 Å². The van der Waals surface area contributed by atoms with Crippen molar-refractivity contribution in [2.45, 2.75) is 0 Å². The Hall–Kier alpha value is -3.22. The Balaban J connectivity index is 1.86. The maximum absolute atomic E-state index is 11.0. The third kappa shape index (κ3) is 3.47. The minimum atomic E-state index is -0.440. The van der Waals surface area contributed by atoms with Crippen LogP contribution in [0, 0.1) is 10.1 Å². The molecule has 0 spiro atoms. The van der Waals surface area contributed by atoms with Gasteiger partial charge in [0, 0.05) is 35.1 Å². The van der Waals surface area contributed by atoms with Crippen LogP contribution in [-0.4, -0.2) is 20.5 Å². The van der Waals surface area contributed by atoms with Crippen LogP contribution in [0.1, 0.15) is 5.56 Å². The number of non-ortho nitro benzene ring substituents is 1. The molecule has 0 bridgehead atoms. The van der Waals surface area contributed by atoms with Gasteiger partial charge in [0.15, 0.2) is 5.82 Å². The van der Waals surface area contributed by atoms with Crippen LogP contribution < -0.4 is 0 Å². The first-order chi connectivity index (χ1) is 13.5. The Morgan fingerprint density at radius 2 is 1.93 bits per heavy atom. The van der Waals surface area contributed by atoms with Crippen LogP contribution in [-0.2, 0) is 0 Å². The number of halogens is 2. The highest BCUT2D eigenvalue weighted by Crippen LogP contribution is 2.36. The van der Waals surface area contributed by atoms with Crippen LogP contribution in [0.3, 0.4) is 0 Å². The lowest BCUT2D eigenvalue weighted by Crippen LogP contribution is -1.90. The smallest absolute Gasteiger partial charge is 0.270 e. The zero-order chi connectivity index (χ0) is 19.7. The SMILES string of the molecule is O=[N+]([O-])c1cccc(/C=N/c2c(-c3ccc(Cl)cc3Cl)nc3ccccn23)c1. The highest BCUT2D eigenvalue weighted by atomic mass is 35.5. The molecule has 0 unspecified atom stereocenters. The third-order valence-electron chi connectivity index (χ3n) is 4.11. The van der Waals surface area contributed by atoms with E-state index in [9.17, 15) is 10.1 Å². The van der Waals surface area contributed by atoms with Gasteiger partial charge in [-0.05, 0) is 35.9 Å². The highest BCUT2D eigenvalue weighted by molar-refractivity contribution is 6.36. The van der Waals surface area contributed by atoms with E-state index in [1.807, 2.05) is 28.8 Å². The van der Waals surface area contributed by atoms with Crippen molar-refractivity contribution in [1.29, 1.82) is 0 Å². The van der Waals surface area contributed by atoms with Crippen molar-refractivity contribution in [3.8, 4) is 11.3 Å². The van der Waals surface area contributed by atoms with Gasteiger partial charge in [-0.2, -0.15) is 0 Å². The molecule has 28 heavy (non-hydrogen) atoms. The molecule has 0 N–H and O–H groups in total. The number of hydrogen-bond acceptors (Lipinski definition) is 4. The summed E-state index contributed by atoms with van der Waals surface area (Å²) in [6.07, 6.45) is 3.41. The summed E-state index contributed by atoms with van der Waals surface area (Å²) in [5.41, 5.74) is 2.60. The van der Waals surface area contributed by atoms with E-state index >= 15 is 0 Å². The number of aliphatic imine (C=N–C) groups is 1. The number of aromatic nitrogens is 2. The van der Waals surface area contributed by atoms with E-state index in [4.69, 9.17) is 23.2 Å². The van der Waals surface area contributed by atoms with Gasteiger partial charge >= 0.3 is 0 Å². The van der Waals surface area contributed by atoms with E-state index < -0.39 is 4.92 Å². The molecule has 0 aliphatic carbocycles. The molecular weight excluding hydrogens is 399 g/mol. The van der Waals surface area contributed by atoms with E-state index in [1.54, 1.807) is 36.5 Å². The second kappa shape index (κ2) is 7.42. The van der Waals surface area contributed by atoms with Crippen molar-refractivity contribution in [3.05, 3.63) is 92.6 Å². The molecule has 2 heterocycles. The molecule has 2 aromatic heterocycles. The number of nitro groups is 1. The van der Waals surface area contributed by atoms with Gasteiger partial charge in [-0.1, -0.05) is 41.4 Å². The molecule has 0 radical (unpaired) electrons. The standard InChI is InChI=1S/C20H12Cl2N4O2/c21-14-7-8-16(17(22)11-14)19-20(25-9-2-1-6-18(25)24-19)23-12-13-4-3-5-15(10-13)26(27)28/h1-12H/b23-12+. The minimum absolute atomic E-state index is 0.00283. The van der Waals surface area contributed by atoms with Crippen LogP contribution in [0.5, 0.6) is 0 Å². The predicted octanol–water partition coefficient (Wildman–Crippen LogP) is 5.97. The molecule has 0 fully saturated rings. The number of rotatable bonds is 4. The monoisotopic (exact) mass is 410 g/mol. The summed E-state index contributed by atoms with van der Waals surface area (Å²) in [7, 11) is 0. The number of nitrogens with zero attached hydrogens (tertiary/aromatic N) is 4. The summed E-state index contributed by atoms with van der Waals surface area (Å²) < 4.78 is 1.83. The summed E-state index contributed by atoms with van der Waals surface area (Å²) in [4.78, 5) is 19.8. The molecule has 4 aromatic rings. The van der Waals surface area contributed by atoms with Crippen LogP contribution in [0.2, 0.25) is 10.0 Å². The normalized spacial score (nSPS) is 11.4. The maximum atomic E-state index is 11.0. The Kier molecular flexibility index (Phi) is 4.81. The Morgan fingerprint density at radius 1 is 1.07 bits per heavy atom. The van der Waals surface area contributed by atoms with Crippen LogP contribution >= 0.6 is 23.2 Å². The van der Waals surface area contributed by atoms with Crippen LogP contribution in [0.25, 0.3) is 16.9 Å². The number of hydrogen-bond donors (Lipinski definition) is 0. The van der Waals surface area contributed by atoms with Crippen molar-refractivity contribution in [2.24, 2.45) is 4.99 Å². The molecule has 0 aliphatic heterocycles. The van der Waals surface area contributed by atoms with Crippen LogP contribution in [0.15, 0.2) is 71.9 Å². The van der Waals surface area contributed by atoms with Gasteiger partial charge < -0.3 is 0 Å². The molecule has 8 heteroatoms. The fraction of sp³-hybridized carbons (Fsp3) is 0. The Bertz CT molecular complexity index is 1230. The summed E-state index contributed by atoms with van der Waals surface area (Å²) >= 11 is 12.4. The molecule has 0 atom stereocenters. The van der Waals surface area contributed by atoms with Gasteiger partial charge in [-0.15, -0.1) is 0 Å². The van der Waals surface area contributed by atoms with E-state index in [-0.39, 0.29) is 5.69 Å². The average Bonchev–Trinajstić information content (AvgIpc) is 3.05. The predicted molar refractivity (Wildman–Crippen MR) is 111 cm³/mol. The molecule has 4 rings (SSSR count). The van der Waals surface area contributed by atoms with E-state index in [0.717, 1.165) is 0 Å². The lowest BCUT2D eigenvalue weighted by molar-refractivity contribution is -0.384. The Morgan fingerprint density at radius 3 is 2.71 bits per heavy atom. The quantitative estimate of drug-likeness (QED) is 0.236. The lowest BCUT2D eigenvalue weighted by Gasteiger charge is -2.03. The van der Waals surface area contributed by atoms with E-state index in [2.05, 4.69) is 9.98 Å². The van der Waals surface area contributed by atoms with Gasteiger partial charge in [0.05, 0.1) is 9.95 Å². The third-order valence-corrected chi connectivity index (χ3v) is 4.66. The van der Waals surface area contributed by atoms with Gasteiger partial charge in [-0.25, -0.2) is 9.98 Å². The number of imidazole rings is 1. The fourth-order valence-electron chi connectivity index (χ4n) is 2.82. The van der Waals surface area contributed by atoms with Crippen molar-refractivity contribution < 1.29 is 4.92 Å². The van der Waals surface area contributed by atoms with Crippen LogP contribution in [0.4, 0.5) is 11.5 Å². The molecule has 138 valence electrons. The Labute approximate surface area is 169 Å². The summed E-state index contributed by atoms with van der Waals surface area (Å²) in [6.45, 7) is 0. The largest absolute Gasteiger partial charge is 0.284 e. The first-order valence-corrected chi connectivity index (χ1v) is 8.99. The fourth-order valence-corrected chi connectivity index (χ4v) is 3.32. The van der Waals surface area contributed by atoms with Crippen molar-refractivity contribution in [3.63, 3.8) is 0 Å². The van der Waals surface area contributed by atoms with Gasteiger partial charge in [0.1, 0.15) is 11.3 Å².